The fourth-order valence-electron chi connectivity index (χ4n) is 4.95. The highest BCUT2D eigenvalue weighted by molar-refractivity contribution is 5.73. The molecule has 0 spiro atoms. The van der Waals surface area contributed by atoms with Crippen LogP contribution in [0.3, 0.4) is 0 Å². The molecule has 47 heavy (non-hydrogen) atoms. The third-order valence-electron chi connectivity index (χ3n) is 7.28. The molecule has 0 atom stereocenters. The van der Waals surface area contributed by atoms with Gasteiger partial charge in [-0.25, -0.2) is 36.3 Å². The van der Waals surface area contributed by atoms with E-state index in [-0.39, 0.29) is 23.3 Å². The van der Waals surface area contributed by atoms with Crippen LogP contribution < -0.4 is 9.47 Å². The molecule has 0 N–H and O–H groups in total. The lowest BCUT2D eigenvalue weighted by Gasteiger charge is -2.20. The summed E-state index contributed by atoms with van der Waals surface area (Å²) in [4.78, 5) is 8.86. The van der Waals surface area contributed by atoms with E-state index in [9.17, 15) is 30.7 Å². The van der Waals surface area contributed by atoms with E-state index in [1.807, 2.05) is 0 Å². The van der Waals surface area contributed by atoms with Gasteiger partial charge in [0.1, 0.15) is 28.8 Å². The molecule has 4 aromatic carbocycles. The number of benzene rings is 4. The summed E-state index contributed by atoms with van der Waals surface area (Å²) in [6.45, 7) is 0.529. The number of ether oxygens (including phenoxy) is 2. The highest BCUT2D eigenvalue weighted by Gasteiger charge is 2.41. The van der Waals surface area contributed by atoms with Crippen LogP contribution in [0.4, 0.5) is 35.1 Å². The standard InChI is InChI=1S/C35H26F8N2O2/c1-2-3-4-5-20-17-44-34(45-18-20)22-8-6-21(7-9-22)23-10-11-26(27(37)12-23)24-13-28(38)32(29(39)14-24)35(42,43)47-25-15-30(40)33(46-19-36)31(41)16-25/h6-18H,2-5,19H2,1H3. The zero-order valence-corrected chi connectivity index (χ0v) is 24.8. The number of halogens is 8. The van der Waals surface area contributed by atoms with Gasteiger partial charge in [0.25, 0.3) is 0 Å². The van der Waals surface area contributed by atoms with Crippen LogP contribution in [0.2, 0.25) is 0 Å². The number of unbranched alkanes of at least 4 members (excludes halogenated alkanes) is 2. The van der Waals surface area contributed by atoms with Crippen molar-refractivity contribution in [2.75, 3.05) is 6.86 Å². The first kappa shape index (κ1) is 33.4. The number of hydrogen-bond donors (Lipinski definition) is 0. The van der Waals surface area contributed by atoms with Crippen molar-refractivity contribution in [1.29, 1.82) is 0 Å². The fourth-order valence-corrected chi connectivity index (χ4v) is 4.95. The summed E-state index contributed by atoms with van der Waals surface area (Å²) in [6, 6.07) is 12.3. The molecule has 0 aliphatic heterocycles. The van der Waals surface area contributed by atoms with Gasteiger partial charge in [0.15, 0.2) is 23.2 Å². The number of hydrogen-bond acceptors (Lipinski definition) is 4. The average Bonchev–Trinajstić information content (AvgIpc) is 3.02. The van der Waals surface area contributed by atoms with Crippen LogP contribution in [0, 0.1) is 29.1 Å². The summed E-state index contributed by atoms with van der Waals surface area (Å²) in [5.74, 6) is -9.49. The first-order valence-corrected chi connectivity index (χ1v) is 14.5. The topological polar surface area (TPSA) is 44.2 Å². The van der Waals surface area contributed by atoms with Gasteiger partial charge < -0.3 is 9.47 Å². The third-order valence-corrected chi connectivity index (χ3v) is 7.28. The van der Waals surface area contributed by atoms with Crippen molar-refractivity contribution in [3.8, 4) is 45.1 Å². The van der Waals surface area contributed by atoms with Crippen molar-refractivity contribution >= 4 is 0 Å². The van der Waals surface area contributed by atoms with Gasteiger partial charge in [0.05, 0.1) is 0 Å². The molecule has 0 saturated carbocycles. The van der Waals surface area contributed by atoms with Gasteiger partial charge in [0.2, 0.25) is 6.86 Å². The van der Waals surface area contributed by atoms with E-state index in [1.54, 1.807) is 36.7 Å². The molecule has 5 rings (SSSR count). The van der Waals surface area contributed by atoms with Crippen LogP contribution in [-0.4, -0.2) is 16.8 Å². The molecule has 0 aliphatic rings. The van der Waals surface area contributed by atoms with Gasteiger partial charge in [-0.3, -0.25) is 0 Å². The maximum atomic E-state index is 15.2. The van der Waals surface area contributed by atoms with Crippen LogP contribution >= 0.6 is 0 Å². The predicted molar refractivity (Wildman–Crippen MR) is 159 cm³/mol. The fraction of sp³-hybridized carbons (Fsp3) is 0.200. The Kier molecular flexibility index (Phi) is 10.1. The SMILES string of the molecule is CCCCCc1cnc(-c2ccc(-c3ccc(-c4cc(F)c(C(F)(F)Oc5cc(F)c(OCF)c(F)c5)c(F)c4)c(F)c3)cc2)nc1. The van der Waals surface area contributed by atoms with Gasteiger partial charge in [-0.15, -0.1) is 0 Å². The molecule has 4 nitrogen and oxygen atoms in total. The second-order valence-corrected chi connectivity index (χ2v) is 10.5. The van der Waals surface area contributed by atoms with E-state index in [2.05, 4.69) is 26.4 Å². The number of aryl methyl sites for hydroxylation is 1. The number of aromatic nitrogens is 2. The van der Waals surface area contributed by atoms with E-state index in [0.717, 1.165) is 42.9 Å². The lowest BCUT2D eigenvalue weighted by atomic mass is 9.97. The van der Waals surface area contributed by atoms with E-state index in [0.29, 0.717) is 29.1 Å². The lowest BCUT2D eigenvalue weighted by molar-refractivity contribution is -0.189. The van der Waals surface area contributed by atoms with Crippen molar-refractivity contribution in [3.05, 3.63) is 119 Å². The van der Waals surface area contributed by atoms with E-state index < -0.39 is 59.1 Å². The molecule has 0 amide bonds. The van der Waals surface area contributed by atoms with Gasteiger partial charge in [-0.1, -0.05) is 56.2 Å². The van der Waals surface area contributed by atoms with Crippen molar-refractivity contribution in [3.63, 3.8) is 0 Å². The normalized spacial score (nSPS) is 11.5. The van der Waals surface area contributed by atoms with Gasteiger partial charge >= 0.3 is 6.11 Å². The van der Waals surface area contributed by atoms with E-state index in [4.69, 9.17) is 0 Å². The Morgan fingerprint density at radius 1 is 0.660 bits per heavy atom. The molecule has 5 aromatic rings. The quantitative estimate of drug-likeness (QED) is 0.0989. The molecule has 0 aliphatic carbocycles. The Balaban J connectivity index is 1.33. The maximum absolute atomic E-state index is 15.2. The summed E-state index contributed by atoms with van der Waals surface area (Å²) in [7, 11) is 0. The highest BCUT2D eigenvalue weighted by atomic mass is 19.3. The van der Waals surface area contributed by atoms with E-state index in [1.165, 1.54) is 12.1 Å². The molecule has 12 heteroatoms. The molecular weight excluding hydrogens is 632 g/mol. The molecule has 0 radical (unpaired) electrons. The number of rotatable bonds is 12. The zero-order valence-electron chi connectivity index (χ0n) is 24.8. The van der Waals surface area contributed by atoms with Crippen molar-refractivity contribution < 1.29 is 44.6 Å². The van der Waals surface area contributed by atoms with Gasteiger partial charge in [-0.2, -0.15) is 8.78 Å². The Labute approximate surface area is 264 Å². The molecule has 0 unspecified atom stereocenters. The van der Waals surface area contributed by atoms with Gasteiger partial charge in [0, 0.05) is 35.7 Å². The predicted octanol–water partition coefficient (Wildman–Crippen LogP) is 10.3. The van der Waals surface area contributed by atoms with Crippen LogP contribution in [0.5, 0.6) is 11.5 Å². The molecule has 0 fully saturated rings. The molecule has 0 saturated heterocycles. The molecule has 1 aromatic heterocycles. The number of alkyl halides is 3. The summed E-state index contributed by atoms with van der Waals surface area (Å²) in [5, 5.41) is 0. The van der Waals surface area contributed by atoms with Crippen LogP contribution in [-0.2, 0) is 12.5 Å². The summed E-state index contributed by atoms with van der Waals surface area (Å²) in [6.07, 6.45) is 3.04. The monoisotopic (exact) mass is 658 g/mol. The molecule has 0 bridgehead atoms. The second kappa shape index (κ2) is 14.2. The molecular formula is C35H26F8N2O2. The maximum Gasteiger partial charge on any atom is 0.432 e. The second-order valence-electron chi connectivity index (χ2n) is 10.5. The van der Waals surface area contributed by atoms with Crippen molar-refractivity contribution in [1.82, 2.24) is 9.97 Å². The lowest BCUT2D eigenvalue weighted by Crippen LogP contribution is -2.25. The van der Waals surface area contributed by atoms with Crippen molar-refractivity contribution in [2.24, 2.45) is 0 Å². The summed E-state index contributed by atoms with van der Waals surface area (Å²) >= 11 is 0. The Bertz CT molecular complexity index is 1820. The minimum absolute atomic E-state index is 0.233. The number of nitrogens with zero attached hydrogens (tertiary/aromatic N) is 2. The smallest absolute Gasteiger partial charge is 0.432 e. The highest BCUT2D eigenvalue weighted by Crippen LogP contribution is 2.39. The first-order valence-electron chi connectivity index (χ1n) is 14.5. The largest absolute Gasteiger partial charge is 0.457 e. The van der Waals surface area contributed by atoms with Crippen molar-refractivity contribution in [2.45, 2.75) is 38.7 Å². The Hall–Kier alpha value is -5.00. The average molecular weight is 659 g/mol. The van der Waals surface area contributed by atoms with Crippen LogP contribution in [0.15, 0.2) is 79.1 Å². The van der Waals surface area contributed by atoms with Crippen LogP contribution in [0.25, 0.3) is 33.6 Å². The van der Waals surface area contributed by atoms with E-state index >= 15 is 4.39 Å². The molecule has 244 valence electrons. The van der Waals surface area contributed by atoms with Crippen LogP contribution in [0.1, 0.15) is 37.3 Å². The third kappa shape index (κ3) is 7.53. The Morgan fingerprint density at radius 3 is 1.81 bits per heavy atom. The summed E-state index contributed by atoms with van der Waals surface area (Å²) < 4.78 is 123. The first-order chi connectivity index (χ1) is 22.5. The zero-order chi connectivity index (χ0) is 33.7. The minimum atomic E-state index is -4.76. The van der Waals surface area contributed by atoms with Gasteiger partial charge in [-0.05, 0) is 53.3 Å². The molecule has 1 heterocycles. The minimum Gasteiger partial charge on any atom is -0.457 e. The summed E-state index contributed by atoms with van der Waals surface area (Å²) in [5.41, 5.74) is 0.307. The Morgan fingerprint density at radius 2 is 1.23 bits per heavy atom.